The summed E-state index contributed by atoms with van der Waals surface area (Å²) in [7, 11) is 0. The zero-order valence-corrected chi connectivity index (χ0v) is 13.2. The summed E-state index contributed by atoms with van der Waals surface area (Å²) in [6.07, 6.45) is 2.16. The number of rotatable bonds is 5. The normalized spacial score (nSPS) is 17.5. The van der Waals surface area contributed by atoms with Crippen LogP contribution in [0, 0.1) is 10.1 Å². The van der Waals surface area contributed by atoms with Gasteiger partial charge in [-0.1, -0.05) is 24.3 Å². The van der Waals surface area contributed by atoms with E-state index >= 15 is 0 Å². The van der Waals surface area contributed by atoms with Crippen LogP contribution in [0.5, 0.6) is 0 Å². The summed E-state index contributed by atoms with van der Waals surface area (Å²) < 4.78 is 1.35. The van der Waals surface area contributed by atoms with Gasteiger partial charge in [0.1, 0.15) is 0 Å². The van der Waals surface area contributed by atoms with Gasteiger partial charge in [0.15, 0.2) is 0 Å². The number of aliphatic hydroxyl groups excluding tert-OH is 1. The Morgan fingerprint density at radius 1 is 1.21 bits per heavy atom. The lowest BCUT2D eigenvalue weighted by Crippen LogP contribution is -2.40. The molecule has 0 bridgehead atoms. The van der Waals surface area contributed by atoms with Crippen molar-refractivity contribution in [3.63, 3.8) is 0 Å². The first-order chi connectivity index (χ1) is 11.6. The zero-order chi connectivity index (χ0) is 17.1. The number of nitrogens with zero attached hydrogens (tertiary/aromatic N) is 3. The zero-order valence-electron chi connectivity index (χ0n) is 13.2. The number of benzene rings is 1. The summed E-state index contributed by atoms with van der Waals surface area (Å²) in [4.78, 5) is 24.3. The first kappa shape index (κ1) is 16.4. The molecule has 1 atom stereocenters. The molecular weight excluding hydrogens is 310 g/mol. The maximum Gasteiger partial charge on any atom is 0.285 e. The van der Waals surface area contributed by atoms with Crippen LogP contribution >= 0.6 is 0 Å². The van der Waals surface area contributed by atoms with Crippen molar-refractivity contribution in [2.24, 2.45) is 0 Å². The molecule has 1 unspecified atom stereocenters. The summed E-state index contributed by atoms with van der Waals surface area (Å²) in [5.41, 5.74) is 1.98. The van der Waals surface area contributed by atoms with Gasteiger partial charge in [0.25, 0.3) is 11.2 Å². The van der Waals surface area contributed by atoms with Crippen LogP contribution in [0.3, 0.4) is 0 Å². The van der Waals surface area contributed by atoms with Gasteiger partial charge in [0.05, 0.1) is 23.8 Å². The second-order valence-corrected chi connectivity index (χ2v) is 5.86. The number of hydrogen-bond acceptors (Lipinski definition) is 5. The van der Waals surface area contributed by atoms with Crippen LogP contribution in [0.2, 0.25) is 0 Å². The molecule has 3 rings (SSSR count). The van der Waals surface area contributed by atoms with E-state index in [1.807, 2.05) is 18.2 Å². The fourth-order valence-corrected chi connectivity index (χ4v) is 3.22. The van der Waals surface area contributed by atoms with Crippen molar-refractivity contribution >= 4 is 5.69 Å². The van der Waals surface area contributed by atoms with E-state index in [0.29, 0.717) is 13.1 Å². The Labute approximate surface area is 138 Å². The summed E-state index contributed by atoms with van der Waals surface area (Å²) >= 11 is 0. The fraction of sp³-hybridized carbons (Fsp3) is 0.353. The third-order valence-electron chi connectivity index (χ3n) is 4.50. The summed E-state index contributed by atoms with van der Waals surface area (Å²) in [5, 5.41) is 20.6. The highest BCUT2D eigenvalue weighted by atomic mass is 16.6. The molecule has 0 saturated carbocycles. The summed E-state index contributed by atoms with van der Waals surface area (Å²) in [6, 6.07) is 10.4. The quantitative estimate of drug-likeness (QED) is 0.661. The third-order valence-corrected chi connectivity index (χ3v) is 4.50. The van der Waals surface area contributed by atoms with E-state index in [0.717, 1.165) is 18.5 Å². The molecular formula is C17H19N3O4. The molecule has 1 aliphatic heterocycles. The van der Waals surface area contributed by atoms with Gasteiger partial charge in [0.2, 0.25) is 0 Å². The molecule has 1 aliphatic rings. The number of aromatic nitrogens is 1. The smallest absolute Gasteiger partial charge is 0.285 e. The van der Waals surface area contributed by atoms with Crippen molar-refractivity contribution in [3.8, 4) is 0 Å². The molecule has 0 amide bonds. The molecule has 24 heavy (non-hydrogen) atoms. The molecule has 1 aromatic carbocycles. The van der Waals surface area contributed by atoms with Crippen molar-refractivity contribution in [3.05, 3.63) is 74.2 Å². The number of aliphatic hydroxyl groups is 1. The second kappa shape index (κ2) is 6.94. The number of pyridine rings is 1. The molecule has 7 heteroatoms. The van der Waals surface area contributed by atoms with E-state index in [9.17, 15) is 20.0 Å². The molecule has 1 aromatic heterocycles. The van der Waals surface area contributed by atoms with Crippen molar-refractivity contribution < 1.29 is 10.0 Å². The number of hydrogen-bond donors (Lipinski definition) is 1. The van der Waals surface area contributed by atoms with E-state index in [2.05, 4.69) is 11.0 Å². The van der Waals surface area contributed by atoms with Gasteiger partial charge in [-0.3, -0.25) is 19.8 Å². The largest absolute Gasteiger partial charge is 0.394 e. The molecule has 2 aromatic rings. The maximum absolute atomic E-state index is 11.9. The van der Waals surface area contributed by atoms with E-state index in [1.54, 1.807) is 0 Å². The van der Waals surface area contributed by atoms with E-state index in [1.165, 1.54) is 28.5 Å². The molecule has 1 N–H and O–H groups in total. The highest BCUT2D eigenvalue weighted by Crippen LogP contribution is 2.28. The van der Waals surface area contributed by atoms with Crippen molar-refractivity contribution in [1.82, 2.24) is 9.47 Å². The van der Waals surface area contributed by atoms with Gasteiger partial charge in [0, 0.05) is 31.8 Å². The lowest BCUT2D eigenvalue weighted by atomic mass is 9.93. The Hall–Kier alpha value is -2.51. The number of nitro groups is 1. The first-order valence-corrected chi connectivity index (χ1v) is 7.87. The van der Waals surface area contributed by atoms with Gasteiger partial charge >= 0.3 is 0 Å². The minimum Gasteiger partial charge on any atom is -0.394 e. The molecule has 0 spiro atoms. The van der Waals surface area contributed by atoms with Gasteiger partial charge in [-0.05, 0) is 17.5 Å². The Morgan fingerprint density at radius 3 is 2.75 bits per heavy atom. The van der Waals surface area contributed by atoms with Crippen LogP contribution in [0.25, 0.3) is 0 Å². The average molecular weight is 329 g/mol. The minimum absolute atomic E-state index is 0.000843. The standard InChI is InChI=1S/C17H19N3O4/c21-12-16-15-4-2-1-3-13(15)7-8-18(16)9-10-19-11-14(20(23)24)5-6-17(19)22/h1-6,11,16,21H,7-10,12H2. The van der Waals surface area contributed by atoms with Crippen LogP contribution < -0.4 is 5.56 Å². The molecule has 0 saturated heterocycles. The molecule has 0 radical (unpaired) electrons. The van der Waals surface area contributed by atoms with E-state index in [4.69, 9.17) is 0 Å². The average Bonchev–Trinajstić information content (AvgIpc) is 2.60. The lowest BCUT2D eigenvalue weighted by Gasteiger charge is -2.36. The van der Waals surface area contributed by atoms with E-state index in [-0.39, 0.29) is 23.9 Å². The lowest BCUT2D eigenvalue weighted by molar-refractivity contribution is -0.385. The fourth-order valence-electron chi connectivity index (χ4n) is 3.22. The molecule has 2 heterocycles. The highest BCUT2D eigenvalue weighted by molar-refractivity contribution is 5.32. The molecule has 0 fully saturated rings. The minimum atomic E-state index is -0.510. The van der Waals surface area contributed by atoms with Crippen LogP contribution in [0.4, 0.5) is 5.69 Å². The Kier molecular flexibility index (Phi) is 4.73. The summed E-state index contributed by atoms with van der Waals surface area (Å²) in [6.45, 7) is 1.67. The first-order valence-electron chi connectivity index (χ1n) is 7.87. The van der Waals surface area contributed by atoms with Crippen LogP contribution in [0.1, 0.15) is 17.2 Å². The maximum atomic E-state index is 11.9. The SMILES string of the molecule is O=c1ccc([N+](=O)[O-])cn1CCN1CCc2ccccc2C1CO. The molecule has 7 nitrogen and oxygen atoms in total. The third kappa shape index (κ3) is 3.22. The topological polar surface area (TPSA) is 88.6 Å². The second-order valence-electron chi connectivity index (χ2n) is 5.86. The highest BCUT2D eigenvalue weighted by Gasteiger charge is 2.26. The molecule has 126 valence electrons. The van der Waals surface area contributed by atoms with Crippen molar-refractivity contribution in [1.29, 1.82) is 0 Å². The van der Waals surface area contributed by atoms with Crippen LogP contribution in [0.15, 0.2) is 47.4 Å². The Morgan fingerprint density at radius 2 is 2.00 bits per heavy atom. The van der Waals surface area contributed by atoms with Crippen LogP contribution in [-0.4, -0.2) is 39.2 Å². The van der Waals surface area contributed by atoms with Crippen molar-refractivity contribution in [2.45, 2.75) is 19.0 Å². The summed E-state index contributed by atoms with van der Waals surface area (Å²) in [5.74, 6) is 0. The monoisotopic (exact) mass is 329 g/mol. The predicted molar refractivity (Wildman–Crippen MR) is 88.9 cm³/mol. The Balaban J connectivity index is 1.77. The van der Waals surface area contributed by atoms with Gasteiger partial charge < -0.3 is 9.67 Å². The van der Waals surface area contributed by atoms with Gasteiger partial charge in [-0.2, -0.15) is 0 Å². The predicted octanol–water partition coefficient (Wildman–Crippen LogP) is 1.35. The number of fused-ring (bicyclic) bond motifs is 1. The van der Waals surface area contributed by atoms with E-state index < -0.39 is 4.92 Å². The van der Waals surface area contributed by atoms with Crippen LogP contribution in [-0.2, 0) is 13.0 Å². The van der Waals surface area contributed by atoms with Crippen molar-refractivity contribution in [2.75, 3.05) is 19.7 Å². The van der Waals surface area contributed by atoms with Gasteiger partial charge in [-0.25, -0.2) is 0 Å². The molecule has 0 aliphatic carbocycles. The van der Waals surface area contributed by atoms with Gasteiger partial charge in [-0.15, -0.1) is 0 Å². The Bertz CT molecular complexity index is 802.